The normalized spacial score (nSPS) is 16.5. The maximum Gasteiger partial charge on any atom is 0.258 e. The first-order valence-electron chi connectivity index (χ1n) is 10.5. The molecular formula is C22H27ClN6O2. The minimum Gasteiger partial charge on any atom is -0.488 e. The molecule has 0 spiro atoms. The number of hydrogen-bond acceptors (Lipinski definition) is 6. The second-order valence-electron chi connectivity index (χ2n) is 7.92. The molecule has 2 N–H and O–H groups in total. The van der Waals surface area contributed by atoms with E-state index in [0.29, 0.717) is 11.4 Å². The molecule has 1 saturated heterocycles. The molecule has 1 amide bonds. The van der Waals surface area contributed by atoms with Crippen LogP contribution in [-0.2, 0) is 0 Å². The molecule has 0 aromatic carbocycles. The number of halogens is 1. The number of fused-ring (bicyclic) bond motifs is 1. The van der Waals surface area contributed by atoms with Crippen molar-refractivity contribution in [3.05, 3.63) is 48.0 Å². The quantitative estimate of drug-likeness (QED) is 0.631. The van der Waals surface area contributed by atoms with Crippen LogP contribution >= 0.6 is 12.4 Å². The Labute approximate surface area is 187 Å². The number of imidazole rings is 1. The molecule has 2 fully saturated rings. The van der Waals surface area contributed by atoms with Gasteiger partial charge in [0.25, 0.3) is 5.91 Å². The van der Waals surface area contributed by atoms with Gasteiger partial charge >= 0.3 is 0 Å². The Bertz CT molecular complexity index is 1080. The Morgan fingerprint density at radius 2 is 2.03 bits per heavy atom. The number of carbonyl (C=O) groups excluding carboxylic acids is 1. The number of nitrogens with zero attached hydrogens (tertiary/aromatic N) is 4. The number of aromatic nitrogens is 3. The number of nitrogens with one attached hydrogen (secondary N) is 2. The number of anilines is 2. The highest BCUT2D eigenvalue weighted by atomic mass is 35.5. The maximum atomic E-state index is 12.9. The maximum absolute atomic E-state index is 12.9. The van der Waals surface area contributed by atoms with E-state index >= 15 is 0 Å². The summed E-state index contributed by atoms with van der Waals surface area (Å²) in [5.74, 6) is 1.18. The van der Waals surface area contributed by atoms with Crippen LogP contribution in [0.3, 0.4) is 0 Å². The zero-order chi connectivity index (χ0) is 20.5. The van der Waals surface area contributed by atoms with E-state index in [1.54, 1.807) is 18.5 Å². The summed E-state index contributed by atoms with van der Waals surface area (Å²) >= 11 is 0. The van der Waals surface area contributed by atoms with Crippen LogP contribution in [0.5, 0.6) is 5.75 Å². The fraction of sp³-hybridized carbons (Fsp3) is 0.409. The second-order valence-corrected chi connectivity index (χ2v) is 7.92. The van der Waals surface area contributed by atoms with Gasteiger partial charge in [-0.2, -0.15) is 0 Å². The summed E-state index contributed by atoms with van der Waals surface area (Å²) in [5.41, 5.74) is 3.24. The summed E-state index contributed by atoms with van der Waals surface area (Å²) in [6.45, 7) is 5.69. The van der Waals surface area contributed by atoms with Gasteiger partial charge in [0.05, 0.1) is 23.6 Å². The number of carbonyl (C=O) groups is 1. The predicted molar refractivity (Wildman–Crippen MR) is 123 cm³/mol. The number of piperazine rings is 1. The lowest BCUT2D eigenvalue weighted by Crippen LogP contribution is -2.44. The molecule has 1 aliphatic heterocycles. The summed E-state index contributed by atoms with van der Waals surface area (Å²) < 4.78 is 8.20. The van der Waals surface area contributed by atoms with Gasteiger partial charge in [0.2, 0.25) is 0 Å². The molecule has 9 heteroatoms. The lowest BCUT2D eigenvalue weighted by molar-refractivity contribution is 0.102. The molecule has 1 aliphatic carbocycles. The first-order chi connectivity index (χ1) is 14.7. The summed E-state index contributed by atoms with van der Waals surface area (Å²) in [4.78, 5) is 24.0. The van der Waals surface area contributed by atoms with E-state index in [9.17, 15) is 4.79 Å². The van der Waals surface area contributed by atoms with Crippen LogP contribution in [0.25, 0.3) is 5.65 Å². The lowest BCUT2D eigenvalue weighted by atomic mass is 9.96. The van der Waals surface area contributed by atoms with Crippen molar-refractivity contribution in [3.8, 4) is 5.75 Å². The van der Waals surface area contributed by atoms with Crippen molar-refractivity contribution < 1.29 is 9.53 Å². The monoisotopic (exact) mass is 442 g/mol. The number of ether oxygens (including phenoxy) is 1. The van der Waals surface area contributed by atoms with E-state index in [2.05, 4.69) is 25.5 Å². The average Bonchev–Trinajstić information content (AvgIpc) is 3.21. The molecule has 164 valence electrons. The molecule has 3 aromatic heterocycles. The van der Waals surface area contributed by atoms with Gasteiger partial charge in [-0.1, -0.05) is 0 Å². The smallest absolute Gasteiger partial charge is 0.258 e. The fourth-order valence-electron chi connectivity index (χ4n) is 3.88. The molecule has 0 bridgehead atoms. The van der Waals surface area contributed by atoms with Crippen molar-refractivity contribution in [2.45, 2.75) is 32.3 Å². The fourth-order valence-corrected chi connectivity index (χ4v) is 3.88. The Morgan fingerprint density at radius 1 is 1.23 bits per heavy atom. The second kappa shape index (κ2) is 9.11. The summed E-state index contributed by atoms with van der Waals surface area (Å²) in [5, 5.41) is 6.35. The highest BCUT2D eigenvalue weighted by Gasteiger charge is 2.26. The van der Waals surface area contributed by atoms with Crippen molar-refractivity contribution in [3.63, 3.8) is 0 Å². The lowest BCUT2D eigenvalue weighted by Gasteiger charge is -2.34. The zero-order valence-electron chi connectivity index (χ0n) is 17.5. The van der Waals surface area contributed by atoms with Gasteiger partial charge in [0.1, 0.15) is 11.5 Å². The van der Waals surface area contributed by atoms with Crippen LogP contribution in [-0.4, -0.2) is 52.6 Å². The molecule has 2 aliphatic rings. The van der Waals surface area contributed by atoms with Gasteiger partial charge < -0.3 is 24.7 Å². The average molecular weight is 443 g/mol. The molecule has 1 saturated carbocycles. The van der Waals surface area contributed by atoms with Crippen molar-refractivity contribution in [2.75, 3.05) is 36.4 Å². The predicted octanol–water partition coefficient (Wildman–Crippen LogP) is 3.05. The van der Waals surface area contributed by atoms with Crippen LogP contribution in [0.2, 0.25) is 0 Å². The van der Waals surface area contributed by atoms with Gasteiger partial charge in [-0.25, -0.2) is 9.97 Å². The van der Waals surface area contributed by atoms with Crippen molar-refractivity contribution in [2.24, 2.45) is 0 Å². The topological polar surface area (TPSA) is 83.8 Å². The molecule has 0 unspecified atom stereocenters. The van der Waals surface area contributed by atoms with Gasteiger partial charge in [0, 0.05) is 50.3 Å². The van der Waals surface area contributed by atoms with E-state index in [1.807, 2.05) is 29.8 Å². The third-order valence-electron chi connectivity index (χ3n) is 5.92. The molecule has 3 aromatic rings. The summed E-state index contributed by atoms with van der Waals surface area (Å²) in [6.07, 6.45) is 10.8. The van der Waals surface area contributed by atoms with E-state index < -0.39 is 0 Å². The Balaban J connectivity index is 0.00000231. The van der Waals surface area contributed by atoms with E-state index in [4.69, 9.17) is 4.74 Å². The highest BCUT2D eigenvalue weighted by molar-refractivity contribution is 6.04. The van der Waals surface area contributed by atoms with Crippen LogP contribution in [0, 0.1) is 6.92 Å². The Hall–Kier alpha value is -2.84. The molecule has 31 heavy (non-hydrogen) atoms. The van der Waals surface area contributed by atoms with Crippen molar-refractivity contribution in [1.29, 1.82) is 0 Å². The van der Waals surface area contributed by atoms with Gasteiger partial charge in [-0.15, -0.1) is 12.4 Å². The first-order valence-corrected chi connectivity index (χ1v) is 10.5. The first kappa shape index (κ1) is 21.4. The number of pyridine rings is 2. The highest BCUT2D eigenvalue weighted by Crippen LogP contribution is 2.38. The van der Waals surface area contributed by atoms with E-state index in [-0.39, 0.29) is 24.4 Å². The Kier molecular flexibility index (Phi) is 6.29. The van der Waals surface area contributed by atoms with Crippen LogP contribution < -0.4 is 20.3 Å². The number of rotatable bonds is 5. The van der Waals surface area contributed by atoms with E-state index in [0.717, 1.165) is 61.7 Å². The van der Waals surface area contributed by atoms with Gasteiger partial charge in [-0.05, 0) is 38.3 Å². The molecular weight excluding hydrogens is 416 g/mol. The minimum absolute atomic E-state index is 0. The van der Waals surface area contributed by atoms with Crippen molar-refractivity contribution in [1.82, 2.24) is 19.7 Å². The number of amides is 1. The van der Waals surface area contributed by atoms with Crippen LogP contribution in [0.15, 0.2) is 36.9 Å². The van der Waals surface area contributed by atoms with Gasteiger partial charge in [-0.3, -0.25) is 4.79 Å². The largest absolute Gasteiger partial charge is 0.488 e. The third-order valence-corrected chi connectivity index (χ3v) is 5.92. The van der Waals surface area contributed by atoms with E-state index in [1.165, 1.54) is 6.42 Å². The van der Waals surface area contributed by atoms with Crippen molar-refractivity contribution >= 4 is 35.5 Å². The van der Waals surface area contributed by atoms with Gasteiger partial charge in [0.15, 0.2) is 5.75 Å². The SMILES string of the molecule is Cc1c(NC(=O)c2ccc3nccn3c2)ncc(N2CCNCC2)c1OC1CCC1.Cl. The van der Waals surface area contributed by atoms with Crippen LogP contribution in [0.1, 0.15) is 35.2 Å². The standard InChI is InChI=1S/C22H26N6O2.ClH/c1-15-20(30-17-3-2-4-17)18(27-10-7-23-8-11-27)13-25-21(15)26-22(29)16-5-6-19-24-9-12-28(19)14-16;/h5-6,9,12-14,17,23H,2-4,7-8,10-11H2,1H3,(H,25,26,29);1H. The summed E-state index contributed by atoms with van der Waals surface area (Å²) in [6, 6.07) is 3.60. The molecule has 0 radical (unpaired) electrons. The Morgan fingerprint density at radius 3 is 2.77 bits per heavy atom. The zero-order valence-corrected chi connectivity index (χ0v) is 18.3. The molecule has 4 heterocycles. The molecule has 8 nitrogen and oxygen atoms in total. The molecule has 0 atom stereocenters. The third kappa shape index (κ3) is 4.31. The summed E-state index contributed by atoms with van der Waals surface area (Å²) in [7, 11) is 0. The minimum atomic E-state index is -0.203. The number of hydrogen-bond donors (Lipinski definition) is 2. The molecule has 5 rings (SSSR count). The van der Waals surface area contributed by atoms with Crippen LogP contribution in [0.4, 0.5) is 11.5 Å².